The van der Waals surface area contributed by atoms with Crippen LogP contribution in [0.1, 0.15) is 0 Å². The van der Waals surface area contributed by atoms with Gasteiger partial charge in [-0.15, -0.1) is 0 Å². The van der Waals surface area contributed by atoms with Gasteiger partial charge in [0, 0.05) is 27.3 Å². The van der Waals surface area contributed by atoms with Gasteiger partial charge in [0.15, 0.2) is 0 Å². The fourth-order valence-corrected chi connectivity index (χ4v) is 5.55. The van der Waals surface area contributed by atoms with E-state index >= 15 is 0 Å². The second-order valence-corrected chi connectivity index (χ2v) is 9.92. The summed E-state index contributed by atoms with van der Waals surface area (Å²) in [6, 6.07) is 47.4. The van der Waals surface area contributed by atoms with Gasteiger partial charge in [0.05, 0.1) is 22.4 Å². The summed E-state index contributed by atoms with van der Waals surface area (Å²) in [6.45, 7) is 0. The highest BCUT2D eigenvalue weighted by Gasteiger charge is 2.09. The number of nitrogens with zero attached hydrogens (tertiary/aromatic N) is 2. The highest BCUT2D eigenvalue weighted by atomic mass is 14.7. The summed E-state index contributed by atoms with van der Waals surface area (Å²) in [7, 11) is 0. The quantitative estimate of drug-likeness (QED) is 0.181. The lowest BCUT2D eigenvalue weighted by atomic mass is 9.99. The first-order valence-electron chi connectivity index (χ1n) is 12.9. The molecule has 0 aliphatic rings. The average Bonchev–Trinajstić information content (AvgIpc) is 2.99. The Hall–Kier alpha value is -5.08. The van der Waals surface area contributed by atoms with E-state index in [-0.39, 0.29) is 0 Å². The zero-order valence-electron chi connectivity index (χ0n) is 20.6. The van der Waals surface area contributed by atoms with Crippen molar-refractivity contribution in [1.82, 2.24) is 9.97 Å². The first-order chi connectivity index (χ1) is 18.8. The Morgan fingerprint density at radius 1 is 0.342 bits per heavy atom. The van der Waals surface area contributed by atoms with Crippen LogP contribution in [0.25, 0.3) is 76.6 Å². The maximum absolute atomic E-state index is 5.18. The van der Waals surface area contributed by atoms with Crippen molar-refractivity contribution in [2.24, 2.45) is 0 Å². The highest BCUT2D eigenvalue weighted by Crippen LogP contribution is 2.32. The summed E-state index contributed by atoms with van der Waals surface area (Å²) in [5.41, 5.74) is 6.20. The summed E-state index contributed by atoms with van der Waals surface area (Å²) < 4.78 is 0. The van der Waals surface area contributed by atoms with Crippen molar-refractivity contribution in [2.45, 2.75) is 0 Å². The van der Waals surface area contributed by atoms with Crippen LogP contribution >= 0.6 is 0 Å². The van der Waals surface area contributed by atoms with Gasteiger partial charge in [0.1, 0.15) is 0 Å². The van der Waals surface area contributed by atoms with Crippen molar-refractivity contribution in [3.8, 4) is 22.5 Å². The third kappa shape index (κ3) is 3.42. The Morgan fingerprint density at radius 2 is 0.895 bits per heavy atom. The molecule has 8 aromatic rings. The zero-order valence-corrected chi connectivity index (χ0v) is 20.6. The van der Waals surface area contributed by atoms with E-state index in [9.17, 15) is 0 Å². The fourth-order valence-electron chi connectivity index (χ4n) is 5.55. The summed E-state index contributed by atoms with van der Waals surface area (Å²) >= 11 is 0. The normalized spacial score (nSPS) is 11.7. The summed E-state index contributed by atoms with van der Waals surface area (Å²) in [6.07, 6.45) is 0. The molecule has 2 heteroatoms. The minimum Gasteiger partial charge on any atom is -0.248 e. The first-order valence-corrected chi connectivity index (χ1v) is 12.9. The van der Waals surface area contributed by atoms with Gasteiger partial charge in [0.2, 0.25) is 0 Å². The first kappa shape index (κ1) is 21.0. The molecular weight excluding hydrogens is 460 g/mol. The molecule has 38 heavy (non-hydrogen) atoms. The smallest absolute Gasteiger partial charge is 0.0788 e. The van der Waals surface area contributed by atoms with E-state index in [2.05, 4.69) is 133 Å². The van der Waals surface area contributed by atoms with Crippen LogP contribution in [0.5, 0.6) is 0 Å². The van der Waals surface area contributed by atoms with E-state index in [1.165, 1.54) is 26.9 Å². The van der Waals surface area contributed by atoms with E-state index in [0.29, 0.717) is 0 Å². The monoisotopic (exact) mass is 482 g/mol. The fraction of sp³-hybridized carbons (Fsp3) is 0. The molecule has 2 nitrogen and oxygen atoms in total. The molecule has 0 aliphatic carbocycles. The molecule has 176 valence electrons. The number of hydrogen-bond donors (Lipinski definition) is 0. The topological polar surface area (TPSA) is 25.8 Å². The highest BCUT2D eigenvalue weighted by molar-refractivity contribution is 6.07. The van der Waals surface area contributed by atoms with Gasteiger partial charge in [0.25, 0.3) is 0 Å². The van der Waals surface area contributed by atoms with Crippen LogP contribution in [0.15, 0.2) is 133 Å². The Labute approximate surface area is 219 Å². The third-order valence-corrected chi connectivity index (χ3v) is 7.57. The van der Waals surface area contributed by atoms with Crippen LogP contribution in [-0.4, -0.2) is 9.97 Å². The number of rotatable bonds is 2. The van der Waals surface area contributed by atoms with E-state index in [1.54, 1.807) is 0 Å². The van der Waals surface area contributed by atoms with Crippen LogP contribution in [0.2, 0.25) is 0 Å². The van der Waals surface area contributed by atoms with Gasteiger partial charge < -0.3 is 0 Å². The van der Waals surface area contributed by atoms with Crippen LogP contribution in [-0.2, 0) is 0 Å². The lowest BCUT2D eigenvalue weighted by Gasteiger charge is -2.10. The molecule has 0 amide bonds. The maximum Gasteiger partial charge on any atom is 0.0788 e. The molecule has 0 saturated carbocycles. The van der Waals surface area contributed by atoms with Crippen LogP contribution < -0.4 is 0 Å². The van der Waals surface area contributed by atoms with E-state index in [1.807, 2.05) is 0 Å². The van der Waals surface area contributed by atoms with Crippen molar-refractivity contribution in [1.29, 1.82) is 0 Å². The molecule has 0 N–H and O–H groups in total. The molecule has 0 spiro atoms. The molecule has 8 rings (SSSR count). The molecular formula is C36H22N2. The third-order valence-electron chi connectivity index (χ3n) is 7.57. The van der Waals surface area contributed by atoms with E-state index < -0.39 is 0 Å². The zero-order chi connectivity index (χ0) is 25.1. The standard InChI is InChI=1S/C36H22N2/c1-2-6-26-19-29(13-9-23(26)5-1)34-17-15-25-12-10-24-11-14-31(21-32(24)36(25)38-34)33-18-16-30-20-27-7-3-4-8-28(27)22-35(30)37-33/h1-22H. The lowest BCUT2D eigenvalue weighted by molar-refractivity contribution is 1.40. The summed E-state index contributed by atoms with van der Waals surface area (Å²) in [4.78, 5) is 10.2. The van der Waals surface area contributed by atoms with Gasteiger partial charge in [-0.1, -0.05) is 97.1 Å². The van der Waals surface area contributed by atoms with Crippen LogP contribution in [0.3, 0.4) is 0 Å². The molecule has 0 aliphatic heterocycles. The number of fused-ring (bicyclic) bond motifs is 6. The minimum absolute atomic E-state index is 0.970. The molecule has 6 aromatic carbocycles. The molecule has 0 fully saturated rings. The minimum atomic E-state index is 0.970. The molecule has 2 heterocycles. The Morgan fingerprint density at radius 3 is 1.71 bits per heavy atom. The Bertz CT molecular complexity index is 2190. The maximum atomic E-state index is 5.18. The molecule has 0 saturated heterocycles. The lowest BCUT2D eigenvalue weighted by Crippen LogP contribution is -1.89. The predicted molar refractivity (Wildman–Crippen MR) is 160 cm³/mol. The van der Waals surface area contributed by atoms with Crippen molar-refractivity contribution in [3.05, 3.63) is 133 Å². The number of pyridine rings is 2. The van der Waals surface area contributed by atoms with E-state index in [0.717, 1.165) is 49.7 Å². The van der Waals surface area contributed by atoms with Gasteiger partial charge in [-0.05, 0) is 63.3 Å². The van der Waals surface area contributed by atoms with Crippen LogP contribution in [0.4, 0.5) is 0 Å². The van der Waals surface area contributed by atoms with Crippen molar-refractivity contribution in [2.75, 3.05) is 0 Å². The molecule has 0 radical (unpaired) electrons. The van der Waals surface area contributed by atoms with Crippen molar-refractivity contribution in [3.63, 3.8) is 0 Å². The van der Waals surface area contributed by atoms with Gasteiger partial charge >= 0.3 is 0 Å². The van der Waals surface area contributed by atoms with Gasteiger partial charge in [-0.25, -0.2) is 9.97 Å². The second-order valence-electron chi connectivity index (χ2n) is 9.92. The number of benzene rings is 6. The second kappa shape index (κ2) is 8.22. The Balaban J connectivity index is 1.29. The molecule has 0 unspecified atom stereocenters. The van der Waals surface area contributed by atoms with Crippen molar-refractivity contribution >= 4 is 54.1 Å². The van der Waals surface area contributed by atoms with Crippen molar-refractivity contribution < 1.29 is 0 Å². The SMILES string of the molecule is c1ccc2cc(-c3ccc4ccc5ccc(-c6ccc7cc8ccccc8cc7n6)cc5c4n3)ccc2c1. The largest absolute Gasteiger partial charge is 0.248 e. The Kier molecular flexibility index (Phi) is 4.55. The molecule has 0 bridgehead atoms. The van der Waals surface area contributed by atoms with E-state index in [4.69, 9.17) is 9.97 Å². The molecule has 0 atom stereocenters. The molecule has 2 aromatic heterocycles. The predicted octanol–water partition coefficient (Wildman–Crippen LogP) is 9.58. The summed E-state index contributed by atoms with van der Waals surface area (Å²) in [5, 5.41) is 9.52. The summed E-state index contributed by atoms with van der Waals surface area (Å²) in [5.74, 6) is 0. The average molecular weight is 483 g/mol. The number of hydrogen-bond acceptors (Lipinski definition) is 2. The van der Waals surface area contributed by atoms with Crippen LogP contribution in [0, 0.1) is 0 Å². The van der Waals surface area contributed by atoms with Gasteiger partial charge in [-0.2, -0.15) is 0 Å². The number of aromatic nitrogens is 2. The van der Waals surface area contributed by atoms with Gasteiger partial charge in [-0.3, -0.25) is 0 Å².